The Bertz CT molecular complexity index is 431. The Morgan fingerprint density at radius 3 is 2.81 bits per heavy atom. The molecule has 1 atom stereocenters. The van der Waals surface area contributed by atoms with Gasteiger partial charge in [-0.25, -0.2) is 18.1 Å². The summed E-state index contributed by atoms with van der Waals surface area (Å²) in [6, 6.07) is -0.307. The topological polar surface area (TPSA) is 84.1 Å². The summed E-state index contributed by atoms with van der Waals surface area (Å²) in [5, 5.41) is 0.541. The van der Waals surface area contributed by atoms with Crippen LogP contribution in [0, 0.1) is 6.92 Å². The maximum atomic E-state index is 11.8. The van der Waals surface area contributed by atoms with Crippen LogP contribution >= 0.6 is 15.9 Å². The number of rotatable bonds is 6. The summed E-state index contributed by atoms with van der Waals surface area (Å²) in [7, 11) is -2.03. The molecule has 16 heavy (non-hydrogen) atoms. The molecule has 0 saturated carbocycles. The number of aromatic nitrogens is 2. The number of aryl methyl sites for hydroxylation is 1. The molecule has 0 aliphatic rings. The van der Waals surface area contributed by atoms with Crippen LogP contribution in [0.4, 0.5) is 0 Å². The molecule has 0 aliphatic carbocycles. The van der Waals surface area contributed by atoms with Crippen molar-refractivity contribution >= 4 is 26.0 Å². The summed E-state index contributed by atoms with van der Waals surface area (Å²) in [6.45, 7) is 1.99. The SMILES string of the molecule is COCC(CBr)NS(=O)(=O)c1cnc(C)[nH]1. The minimum atomic E-state index is -3.55. The largest absolute Gasteiger partial charge is 0.383 e. The van der Waals surface area contributed by atoms with Crippen LogP contribution in [0.25, 0.3) is 0 Å². The number of H-pyrrole nitrogens is 1. The molecule has 0 aliphatic heterocycles. The summed E-state index contributed by atoms with van der Waals surface area (Å²) < 4.78 is 31.1. The lowest BCUT2D eigenvalue weighted by atomic mass is 10.4. The predicted molar refractivity (Wildman–Crippen MR) is 63.1 cm³/mol. The highest BCUT2D eigenvalue weighted by Gasteiger charge is 2.20. The van der Waals surface area contributed by atoms with Gasteiger partial charge in [0.15, 0.2) is 5.03 Å². The highest BCUT2D eigenvalue weighted by atomic mass is 79.9. The molecule has 92 valence electrons. The first kappa shape index (κ1) is 13.6. The molecule has 0 amide bonds. The first-order valence-corrected chi connectivity index (χ1v) is 7.19. The van der Waals surface area contributed by atoms with Gasteiger partial charge in [0.05, 0.1) is 18.8 Å². The van der Waals surface area contributed by atoms with E-state index in [1.54, 1.807) is 6.92 Å². The van der Waals surface area contributed by atoms with E-state index in [0.717, 1.165) is 0 Å². The summed E-state index contributed by atoms with van der Waals surface area (Å²) in [5.41, 5.74) is 0. The van der Waals surface area contributed by atoms with E-state index in [-0.39, 0.29) is 11.1 Å². The van der Waals surface area contributed by atoms with Gasteiger partial charge in [-0.15, -0.1) is 0 Å². The smallest absolute Gasteiger partial charge is 0.257 e. The van der Waals surface area contributed by atoms with Crippen molar-refractivity contribution in [2.45, 2.75) is 18.0 Å². The van der Waals surface area contributed by atoms with E-state index in [2.05, 4.69) is 30.6 Å². The third kappa shape index (κ3) is 3.55. The fourth-order valence-electron chi connectivity index (χ4n) is 1.13. The second-order valence-corrected chi connectivity index (χ2v) is 5.59. The fraction of sp³-hybridized carbons (Fsp3) is 0.625. The minimum Gasteiger partial charge on any atom is -0.383 e. The van der Waals surface area contributed by atoms with Crippen molar-refractivity contribution in [3.8, 4) is 0 Å². The maximum absolute atomic E-state index is 11.8. The standard InChI is InChI=1S/C8H14BrN3O3S/c1-6-10-4-8(11-6)16(13,14)12-7(3-9)5-15-2/h4,7,12H,3,5H2,1-2H3,(H,10,11). The van der Waals surface area contributed by atoms with E-state index in [1.807, 2.05) is 0 Å². The number of methoxy groups -OCH3 is 1. The number of alkyl halides is 1. The Balaban J connectivity index is 2.78. The van der Waals surface area contributed by atoms with Gasteiger partial charge in [-0.1, -0.05) is 15.9 Å². The van der Waals surface area contributed by atoms with Crippen molar-refractivity contribution in [1.29, 1.82) is 0 Å². The van der Waals surface area contributed by atoms with Gasteiger partial charge in [0.2, 0.25) is 0 Å². The van der Waals surface area contributed by atoms with Crippen LogP contribution in [-0.2, 0) is 14.8 Å². The lowest BCUT2D eigenvalue weighted by molar-refractivity contribution is 0.182. The molecule has 8 heteroatoms. The summed E-state index contributed by atoms with van der Waals surface area (Å²) in [4.78, 5) is 6.51. The Hall–Kier alpha value is -0.440. The van der Waals surface area contributed by atoms with Crippen LogP contribution in [0.3, 0.4) is 0 Å². The summed E-state index contributed by atoms with van der Waals surface area (Å²) in [6.07, 6.45) is 1.29. The molecule has 1 aromatic rings. The van der Waals surface area contributed by atoms with Gasteiger partial charge in [-0.05, 0) is 6.92 Å². The van der Waals surface area contributed by atoms with E-state index in [9.17, 15) is 8.42 Å². The van der Waals surface area contributed by atoms with Crippen molar-refractivity contribution in [3.05, 3.63) is 12.0 Å². The zero-order valence-corrected chi connectivity index (χ0v) is 11.4. The predicted octanol–water partition coefficient (Wildman–Crippen LogP) is 0.406. The van der Waals surface area contributed by atoms with Crippen LogP contribution in [0.15, 0.2) is 11.2 Å². The lowest BCUT2D eigenvalue weighted by Gasteiger charge is -2.14. The van der Waals surface area contributed by atoms with Crippen molar-refractivity contribution < 1.29 is 13.2 Å². The van der Waals surface area contributed by atoms with Gasteiger partial charge in [0, 0.05) is 12.4 Å². The van der Waals surface area contributed by atoms with E-state index >= 15 is 0 Å². The number of aromatic amines is 1. The first-order chi connectivity index (χ1) is 7.49. The number of hydrogen-bond donors (Lipinski definition) is 2. The lowest BCUT2D eigenvalue weighted by Crippen LogP contribution is -2.39. The first-order valence-electron chi connectivity index (χ1n) is 4.58. The molecular weight excluding hydrogens is 298 g/mol. The monoisotopic (exact) mass is 311 g/mol. The molecule has 6 nitrogen and oxygen atoms in total. The average Bonchev–Trinajstić information content (AvgIpc) is 2.64. The maximum Gasteiger partial charge on any atom is 0.257 e. The quantitative estimate of drug-likeness (QED) is 0.745. The van der Waals surface area contributed by atoms with Gasteiger partial charge in [-0.3, -0.25) is 0 Å². The second kappa shape index (κ2) is 5.76. The number of halogens is 1. The second-order valence-electron chi connectivity index (χ2n) is 3.26. The van der Waals surface area contributed by atoms with Crippen LogP contribution in [0.2, 0.25) is 0 Å². The zero-order chi connectivity index (χ0) is 12.2. The Morgan fingerprint density at radius 1 is 1.69 bits per heavy atom. The zero-order valence-electron chi connectivity index (χ0n) is 9.03. The molecule has 1 aromatic heterocycles. The average molecular weight is 312 g/mol. The summed E-state index contributed by atoms with van der Waals surface area (Å²) >= 11 is 3.21. The molecule has 0 spiro atoms. The Morgan fingerprint density at radius 2 is 2.38 bits per heavy atom. The van der Waals surface area contributed by atoms with Crippen molar-refractivity contribution in [2.24, 2.45) is 0 Å². The Labute approximate surface area is 103 Å². The number of nitrogens with one attached hydrogen (secondary N) is 2. The molecule has 2 N–H and O–H groups in total. The van der Waals surface area contributed by atoms with Crippen molar-refractivity contribution in [3.63, 3.8) is 0 Å². The number of sulfonamides is 1. The van der Waals surface area contributed by atoms with Crippen LogP contribution < -0.4 is 4.72 Å². The van der Waals surface area contributed by atoms with E-state index in [0.29, 0.717) is 17.8 Å². The van der Waals surface area contributed by atoms with E-state index < -0.39 is 10.0 Å². The van der Waals surface area contributed by atoms with E-state index in [1.165, 1.54) is 13.3 Å². The minimum absolute atomic E-state index is 0.0621. The third-order valence-electron chi connectivity index (χ3n) is 1.84. The highest BCUT2D eigenvalue weighted by molar-refractivity contribution is 9.09. The van der Waals surface area contributed by atoms with Crippen LogP contribution in [0.1, 0.15) is 5.82 Å². The highest BCUT2D eigenvalue weighted by Crippen LogP contribution is 2.06. The molecule has 0 fully saturated rings. The molecule has 0 saturated heterocycles. The fourth-order valence-corrected chi connectivity index (χ4v) is 2.88. The molecular formula is C8H14BrN3O3S. The normalized spacial score (nSPS) is 13.9. The molecule has 1 rings (SSSR count). The van der Waals surface area contributed by atoms with Gasteiger partial charge in [-0.2, -0.15) is 0 Å². The molecule has 0 radical (unpaired) electrons. The van der Waals surface area contributed by atoms with Crippen molar-refractivity contribution in [2.75, 3.05) is 19.0 Å². The molecule has 1 unspecified atom stereocenters. The molecule has 0 aromatic carbocycles. The molecule has 1 heterocycles. The number of nitrogens with zero attached hydrogens (tertiary/aromatic N) is 1. The number of ether oxygens (including phenoxy) is 1. The third-order valence-corrected chi connectivity index (χ3v) is 4.06. The van der Waals surface area contributed by atoms with Crippen LogP contribution in [-0.4, -0.2) is 43.5 Å². The van der Waals surface area contributed by atoms with Gasteiger partial charge in [0.25, 0.3) is 10.0 Å². The van der Waals surface area contributed by atoms with Crippen LogP contribution in [0.5, 0.6) is 0 Å². The molecule has 0 bridgehead atoms. The number of imidazole rings is 1. The Kier molecular flexibility index (Phi) is 4.90. The van der Waals surface area contributed by atoms with Gasteiger partial charge >= 0.3 is 0 Å². The number of hydrogen-bond acceptors (Lipinski definition) is 4. The summed E-state index contributed by atoms with van der Waals surface area (Å²) in [5.74, 6) is 0.558. The van der Waals surface area contributed by atoms with Crippen molar-refractivity contribution in [1.82, 2.24) is 14.7 Å². The van der Waals surface area contributed by atoms with E-state index in [4.69, 9.17) is 4.74 Å². The van der Waals surface area contributed by atoms with Gasteiger partial charge in [0.1, 0.15) is 5.82 Å². The van der Waals surface area contributed by atoms with Gasteiger partial charge < -0.3 is 9.72 Å².